The van der Waals surface area contributed by atoms with E-state index >= 15 is 0 Å². The van der Waals surface area contributed by atoms with Gasteiger partial charge in [0, 0.05) is 33.1 Å². The number of alkyl halides is 1. The standard InChI is InChI=1S/C42H47BrN6O4/c1-29(39(50)41(52)46(2)48-35-20-12-10-18-32(35)27-44-37(48)24-22-30-14-6-4-7-15-30)26-34(43)40(51)42(53)47(3)49-36-21-13-11-19-33(36)28-45-38(49)25-23-31-16-8-5-9-17-31/h4-21,29,34,37-38,44-45H,22-28H2,1-3H3. The van der Waals surface area contributed by atoms with Crippen LogP contribution in [0.15, 0.2) is 109 Å². The Morgan fingerprint density at radius 2 is 1.04 bits per heavy atom. The first kappa shape index (κ1) is 37.9. The number of Topliss-reactive ketones (excluding diaryl/α,β-unsaturated/α-hetero) is 2. The molecule has 0 saturated carbocycles. The van der Waals surface area contributed by atoms with Crippen LogP contribution in [0.2, 0.25) is 0 Å². The van der Waals surface area contributed by atoms with Gasteiger partial charge < -0.3 is 0 Å². The summed E-state index contributed by atoms with van der Waals surface area (Å²) in [6.07, 6.45) is 2.49. The molecule has 2 aliphatic rings. The molecular formula is C42H47BrN6O4. The van der Waals surface area contributed by atoms with E-state index in [4.69, 9.17) is 0 Å². The van der Waals surface area contributed by atoms with Crippen LogP contribution < -0.4 is 20.7 Å². The third kappa shape index (κ3) is 8.70. The Bertz CT molecular complexity index is 1770. The highest BCUT2D eigenvalue weighted by molar-refractivity contribution is 9.10. The zero-order chi connectivity index (χ0) is 37.5. The number of anilines is 2. The molecule has 0 bridgehead atoms. The van der Waals surface area contributed by atoms with Crippen molar-refractivity contribution in [1.82, 2.24) is 20.7 Å². The molecule has 0 radical (unpaired) electrons. The number of aryl methyl sites for hydroxylation is 2. The maximum Gasteiger partial charge on any atom is 0.309 e. The number of hydrazine groups is 2. The Hall–Kier alpha value is -4.84. The van der Waals surface area contributed by atoms with Crippen molar-refractivity contribution in [1.29, 1.82) is 0 Å². The first-order chi connectivity index (χ1) is 25.6. The third-order valence-electron chi connectivity index (χ3n) is 10.2. The Labute approximate surface area is 320 Å². The smallest absolute Gasteiger partial charge is 0.292 e. The van der Waals surface area contributed by atoms with Crippen molar-refractivity contribution in [2.24, 2.45) is 5.92 Å². The van der Waals surface area contributed by atoms with E-state index in [-0.39, 0.29) is 18.8 Å². The van der Waals surface area contributed by atoms with Crippen molar-refractivity contribution >= 4 is 50.7 Å². The molecule has 4 atom stereocenters. The lowest BCUT2D eigenvalue weighted by atomic mass is 9.97. The fourth-order valence-electron chi connectivity index (χ4n) is 7.20. The van der Waals surface area contributed by atoms with E-state index in [1.165, 1.54) is 21.1 Å². The molecule has 2 aliphatic heterocycles. The largest absolute Gasteiger partial charge is 0.309 e. The summed E-state index contributed by atoms with van der Waals surface area (Å²) in [6.45, 7) is 2.91. The summed E-state index contributed by atoms with van der Waals surface area (Å²) in [4.78, 5) is 54.1. The number of benzene rings is 4. The molecule has 10 nitrogen and oxygen atoms in total. The van der Waals surface area contributed by atoms with Crippen LogP contribution in [0.4, 0.5) is 11.4 Å². The molecule has 0 aromatic heterocycles. The van der Waals surface area contributed by atoms with Gasteiger partial charge in [0.05, 0.1) is 16.2 Å². The lowest BCUT2D eigenvalue weighted by molar-refractivity contribution is -0.147. The van der Waals surface area contributed by atoms with E-state index < -0.39 is 34.1 Å². The van der Waals surface area contributed by atoms with Crippen LogP contribution in [0.1, 0.15) is 48.4 Å². The van der Waals surface area contributed by atoms with Gasteiger partial charge >= 0.3 is 11.8 Å². The van der Waals surface area contributed by atoms with Crippen LogP contribution in [-0.2, 0) is 45.1 Å². The van der Waals surface area contributed by atoms with Crippen LogP contribution in [0.5, 0.6) is 0 Å². The molecule has 0 spiro atoms. The molecule has 4 aromatic rings. The van der Waals surface area contributed by atoms with Gasteiger partial charge in [0.1, 0.15) is 12.3 Å². The number of fused-ring (bicyclic) bond motifs is 2. The fraction of sp³-hybridized carbons (Fsp3) is 0.333. The average molecular weight is 780 g/mol. The molecule has 2 heterocycles. The molecule has 11 heteroatoms. The molecular weight excluding hydrogens is 732 g/mol. The van der Waals surface area contributed by atoms with E-state index in [1.54, 1.807) is 21.0 Å². The SMILES string of the molecule is CC(CC(Br)C(=O)C(=O)N(C)N1c2ccccc2CNC1CCc1ccccc1)C(=O)C(=O)N(C)N1c2ccccc2CNC1CCc1ccccc1. The van der Waals surface area contributed by atoms with Crippen molar-refractivity contribution in [3.8, 4) is 0 Å². The van der Waals surface area contributed by atoms with Gasteiger partial charge in [-0.2, -0.15) is 0 Å². The zero-order valence-corrected chi connectivity index (χ0v) is 32.0. The topological polar surface area (TPSA) is 105 Å². The summed E-state index contributed by atoms with van der Waals surface area (Å²) < 4.78 is 0. The first-order valence-corrected chi connectivity index (χ1v) is 19.1. The number of amides is 2. The predicted molar refractivity (Wildman–Crippen MR) is 211 cm³/mol. The van der Waals surface area contributed by atoms with Gasteiger partial charge in [0.25, 0.3) is 0 Å². The molecule has 0 aliphatic carbocycles. The van der Waals surface area contributed by atoms with Gasteiger partial charge in [-0.05, 0) is 66.5 Å². The summed E-state index contributed by atoms with van der Waals surface area (Å²) in [6, 6.07) is 36.0. The number of nitrogens with one attached hydrogen (secondary N) is 2. The number of carbonyl (C=O) groups is 4. The van der Waals surface area contributed by atoms with Gasteiger partial charge in [-0.1, -0.05) is 120 Å². The van der Waals surface area contributed by atoms with E-state index in [0.29, 0.717) is 25.9 Å². The Morgan fingerprint density at radius 1 is 0.642 bits per heavy atom. The van der Waals surface area contributed by atoms with Gasteiger partial charge in [-0.15, -0.1) is 0 Å². The van der Waals surface area contributed by atoms with Crippen molar-refractivity contribution in [3.63, 3.8) is 0 Å². The number of ketones is 2. The number of likely N-dealkylation sites (N-methyl/N-ethyl adjacent to an activating group) is 2. The molecule has 53 heavy (non-hydrogen) atoms. The summed E-state index contributed by atoms with van der Waals surface area (Å²) >= 11 is 3.42. The quantitative estimate of drug-likeness (QED) is 0.122. The van der Waals surface area contributed by atoms with Crippen LogP contribution >= 0.6 is 15.9 Å². The second-order valence-corrected chi connectivity index (χ2v) is 14.9. The van der Waals surface area contributed by atoms with Gasteiger partial charge in [0.2, 0.25) is 11.6 Å². The molecule has 4 aromatic carbocycles. The van der Waals surface area contributed by atoms with Crippen molar-refractivity contribution in [3.05, 3.63) is 131 Å². The van der Waals surface area contributed by atoms with Crippen molar-refractivity contribution < 1.29 is 19.2 Å². The number of para-hydroxylation sites is 2. The van der Waals surface area contributed by atoms with Crippen LogP contribution in [-0.4, -0.2) is 64.7 Å². The number of halogens is 1. The maximum atomic E-state index is 13.8. The Morgan fingerprint density at radius 3 is 1.49 bits per heavy atom. The van der Waals surface area contributed by atoms with E-state index in [9.17, 15) is 19.2 Å². The number of carbonyl (C=O) groups excluding carboxylic acids is 4. The van der Waals surface area contributed by atoms with Crippen LogP contribution in [0.25, 0.3) is 0 Å². The minimum Gasteiger partial charge on any atom is -0.292 e. The normalized spacial score (nSPS) is 17.6. The minimum atomic E-state index is -0.971. The Balaban J connectivity index is 1.12. The molecule has 276 valence electrons. The second kappa shape index (κ2) is 17.3. The molecule has 2 amide bonds. The van der Waals surface area contributed by atoms with Crippen molar-refractivity contribution in [2.75, 3.05) is 24.1 Å². The molecule has 0 saturated heterocycles. The highest BCUT2D eigenvalue weighted by Crippen LogP contribution is 2.31. The summed E-state index contributed by atoms with van der Waals surface area (Å²) in [5.74, 6) is -3.55. The lowest BCUT2D eigenvalue weighted by Crippen LogP contribution is -2.60. The monoisotopic (exact) mass is 778 g/mol. The Kier molecular flexibility index (Phi) is 12.4. The summed E-state index contributed by atoms with van der Waals surface area (Å²) in [5.41, 5.74) is 6.11. The molecule has 0 fully saturated rings. The van der Waals surface area contributed by atoms with E-state index in [0.717, 1.165) is 35.3 Å². The van der Waals surface area contributed by atoms with Gasteiger partial charge in [-0.3, -0.25) is 39.8 Å². The fourth-order valence-corrected chi connectivity index (χ4v) is 7.96. The van der Waals surface area contributed by atoms with E-state index in [1.807, 2.05) is 94.9 Å². The predicted octanol–water partition coefficient (Wildman–Crippen LogP) is 5.80. The molecule has 6 rings (SSSR count). The van der Waals surface area contributed by atoms with E-state index in [2.05, 4.69) is 50.8 Å². The van der Waals surface area contributed by atoms with Crippen molar-refractivity contribution in [2.45, 2.75) is 69.3 Å². The zero-order valence-electron chi connectivity index (χ0n) is 30.5. The highest BCUT2D eigenvalue weighted by atomic mass is 79.9. The highest BCUT2D eigenvalue weighted by Gasteiger charge is 2.38. The molecule has 4 unspecified atom stereocenters. The number of hydrogen-bond donors (Lipinski definition) is 2. The maximum absolute atomic E-state index is 13.8. The van der Waals surface area contributed by atoms with Crippen LogP contribution in [0, 0.1) is 5.92 Å². The number of rotatable bonds is 14. The molecule has 2 N–H and O–H groups in total. The summed E-state index contributed by atoms with van der Waals surface area (Å²) in [7, 11) is 3.21. The first-order valence-electron chi connectivity index (χ1n) is 18.2. The average Bonchev–Trinajstić information content (AvgIpc) is 3.20. The van der Waals surface area contributed by atoms with Gasteiger partial charge in [0.15, 0.2) is 0 Å². The second-order valence-electron chi connectivity index (χ2n) is 13.8. The van der Waals surface area contributed by atoms with Gasteiger partial charge in [-0.25, -0.2) is 10.0 Å². The minimum absolute atomic E-state index is 0.0185. The summed E-state index contributed by atoms with van der Waals surface area (Å²) in [5, 5.41) is 13.6. The number of hydrogen-bond acceptors (Lipinski definition) is 8. The lowest BCUT2D eigenvalue weighted by Gasteiger charge is -2.44. The van der Waals surface area contributed by atoms with Crippen LogP contribution in [0.3, 0.4) is 0 Å². The number of nitrogens with zero attached hydrogens (tertiary/aromatic N) is 4. The third-order valence-corrected chi connectivity index (χ3v) is 11.0.